The highest BCUT2D eigenvalue weighted by Gasteiger charge is 2.10. The van der Waals surface area contributed by atoms with Gasteiger partial charge in [0.15, 0.2) is 5.01 Å². The molecule has 0 aliphatic heterocycles. The largest absolute Gasteiger partial charge is 0.297 e. The van der Waals surface area contributed by atoms with Crippen LogP contribution >= 0.6 is 22.9 Å². The van der Waals surface area contributed by atoms with Gasteiger partial charge >= 0.3 is 0 Å². The zero-order valence-corrected chi connectivity index (χ0v) is 13.8. The van der Waals surface area contributed by atoms with Crippen molar-refractivity contribution in [3.63, 3.8) is 0 Å². The van der Waals surface area contributed by atoms with Crippen LogP contribution in [0.5, 0.6) is 0 Å². The van der Waals surface area contributed by atoms with E-state index in [1.165, 1.54) is 29.5 Å². The number of amides is 1. The Morgan fingerprint density at radius 3 is 2.62 bits per heavy atom. The lowest BCUT2D eigenvalue weighted by molar-refractivity contribution is -0.111. The van der Waals surface area contributed by atoms with Crippen molar-refractivity contribution in [3.05, 3.63) is 71.0 Å². The third kappa shape index (κ3) is 4.04. The number of hydrogen-bond donors (Lipinski definition) is 1. The second-order valence-electron chi connectivity index (χ2n) is 4.77. The zero-order valence-electron chi connectivity index (χ0n) is 12.2. The number of hydrogen-bond acceptors (Lipinski definition) is 4. The van der Waals surface area contributed by atoms with Crippen LogP contribution < -0.4 is 5.32 Å². The van der Waals surface area contributed by atoms with E-state index in [2.05, 4.69) is 15.5 Å². The highest BCUT2D eigenvalue weighted by molar-refractivity contribution is 7.18. The van der Waals surface area contributed by atoms with Crippen molar-refractivity contribution in [2.24, 2.45) is 0 Å². The number of nitrogens with one attached hydrogen (secondary N) is 1. The smallest absolute Gasteiger partial charge is 0.250 e. The summed E-state index contributed by atoms with van der Waals surface area (Å²) in [5.41, 5.74) is 1.49. The van der Waals surface area contributed by atoms with Gasteiger partial charge in [-0.05, 0) is 29.8 Å². The molecule has 1 aromatic heterocycles. The zero-order chi connectivity index (χ0) is 16.9. The van der Waals surface area contributed by atoms with Crippen molar-refractivity contribution < 1.29 is 9.18 Å². The van der Waals surface area contributed by atoms with Gasteiger partial charge in [0, 0.05) is 11.6 Å². The summed E-state index contributed by atoms with van der Waals surface area (Å²) in [6.07, 6.45) is 2.94. The van der Waals surface area contributed by atoms with Crippen molar-refractivity contribution >= 4 is 40.1 Å². The minimum absolute atomic E-state index is 0.322. The third-order valence-electron chi connectivity index (χ3n) is 3.06. The fraction of sp³-hybridized carbons (Fsp3) is 0. The Morgan fingerprint density at radius 1 is 1.12 bits per heavy atom. The molecule has 1 amide bonds. The number of benzene rings is 2. The van der Waals surface area contributed by atoms with Crippen LogP contribution in [0, 0.1) is 5.82 Å². The van der Waals surface area contributed by atoms with Crippen LogP contribution in [0.2, 0.25) is 5.02 Å². The van der Waals surface area contributed by atoms with Gasteiger partial charge in [-0.15, -0.1) is 10.2 Å². The van der Waals surface area contributed by atoms with Crippen molar-refractivity contribution in [1.29, 1.82) is 0 Å². The van der Waals surface area contributed by atoms with Gasteiger partial charge < -0.3 is 0 Å². The minimum Gasteiger partial charge on any atom is -0.297 e. The molecule has 24 heavy (non-hydrogen) atoms. The average Bonchev–Trinajstić information content (AvgIpc) is 3.03. The maximum atomic E-state index is 12.8. The molecular formula is C17H11ClFN3OS. The molecule has 2 aromatic carbocycles. The van der Waals surface area contributed by atoms with Crippen molar-refractivity contribution in [1.82, 2.24) is 10.2 Å². The molecule has 0 saturated carbocycles. The van der Waals surface area contributed by atoms with Gasteiger partial charge in [0.1, 0.15) is 5.82 Å². The first-order valence-electron chi connectivity index (χ1n) is 6.95. The highest BCUT2D eigenvalue weighted by Crippen LogP contribution is 2.31. The molecule has 0 saturated heterocycles. The summed E-state index contributed by atoms with van der Waals surface area (Å²) in [7, 11) is 0. The Kier molecular flexibility index (Phi) is 4.98. The molecule has 0 atom stereocenters. The molecule has 0 spiro atoms. The Bertz CT molecular complexity index is 893. The Balaban J connectivity index is 1.67. The van der Waals surface area contributed by atoms with Crippen LogP contribution in [-0.4, -0.2) is 16.1 Å². The highest BCUT2D eigenvalue weighted by atomic mass is 35.5. The van der Waals surface area contributed by atoms with Crippen molar-refractivity contribution in [3.8, 4) is 10.6 Å². The predicted molar refractivity (Wildman–Crippen MR) is 94.4 cm³/mol. The Hall–Kier alpha value is -2.57. The minimum atomic E-state index is -0.346. The summed E-state index contributed by atoms with van der Waals surface area (Å²) >= 11 is 7.35. The summed E-state index contributed by atoms with van der Waals surface area (Å²) in [5.74, 6) is -0.668. The lowest BCUT2D eigenvalue weighted by Crippen LogP contribution is -2.07. The van der Waals surface area contributed by atoms with E-state index in [0.717, 1.165) is 11.1 Å². The maximum absolute atomic E-state index is 12.8. The van der Waals surface area contributed by atoms with E-state index in [1.54, 1.807) is 24.3 Å². The van der Waals surface area contributed by atoms with E-state index < -0.39 is 0 Å². The molecule has 0 aliphatic rings. The third-order valence-corrected chi connectivity index (χ3v) is 4.26. The van der Waals surface area contributed by atoms with Gasteiger partial charge in [-0.25, -0.2) is 4.39 Å². The van der Waals surface area contributed by atoms with E-state index in [0.29, 0.717) is 15.2 Å². The molecule has 0 aliphatic carbocycles. The standard InChI is InChI=1S/C17H11ClFN3OS/c18-14-4-2-1-3-13(14)16-21-22-17(24-16)20-15(23)10-7-11-5-8-12(19)9-6-11/h1-10H,(H,20,22,23)/b10-7+. The monoisotopic (exact) mass is 359 g/mol. The van der Waals surface area contributed by atoms with E-state index in [9.17, 15) is 9.18 Å². The number of anilines is 1. The Labute approximate surface area is 146 Å². The van der Waals surface area contributed by atoms with Crippen LogP contribution in [0.1, 0.15) is 5.56 Å². The van der Waals surface area contributed by atoms with E-state index in [-0.39, 0.29) is 11.7 Å². The molecule has 0 fully saturated rings. The lowest BCUT2D eigenvalue weighted by atomic mass is 10.2. The molecular weight excluding hydrogens is 349 g/mol. The normalized spacial score (nSPS) is 10.9. The fourth-order valence-corrected chi connectivity index (χ4v) is 2.98. The van der Waals surface area contributed by atoms with Crippen LogP contribution in [0.3, 0.4) is 0 Å². The summed E-state index contributed by atoms with van der Waals surface area (Å²) < 4.78 is 12.8. The molecule has 4 nitrogen and oxygen atoms in total. The molecule has 1 N–H and O–H groups in total. The first-order chi connectivity index (χ1) is 11.6. The maximum Gasteiger partial charge on any atom is 0.250 e. The summed E-state index contributed by atoms with van der Waals surface area (Å²) in [6, 6.07) is 13.1. The number of rotatable bonds is 4. The first kappa shape index (κ1) is 16.3. The molecule has 7 heteroatoms. The van der Waals surface area contributed by atoms with Crippen molar-refractivity contribution in [2.45, 2.75) is 0 Å². The molecule has 3 aromatic rings. The second-order valence-corrected chi connectivity index (χ2v) is 6.15. The summed E-state index contributed by atoms with van der Waals surface area (Å²) in [4.78, 5) is 11.9. The first-order valence-corrected chi connectivity index (χ1v) is 8.14. The van der Waals surface area contributed by atoms with Gasteiger partial charge in [-0.3, -0.25) is 10.1 Å². The molecule has 120 valence electrons. The SMILES string of the molecule is O=C(/C=C/c1ccc(F)cc1)Nc1nnc(-c2ccccc2Cl)s1. The van der Waals surface area contributed by atoms with Gasteiger partial charge in [-0.1, -0.05) is 53.3 Å². The summed E-state index contributed by atoms with van der Waals surface area (Å²) in [5, 5.41) is 12.2. The predicted octanol–water partition coefficient (Wildman–Crippen LogP) is 4.65. The number of carbonyl (C=O) groups excluding carboxylic acids is 1. The van der Waals surface area contributed by atoms with Crippen LogP contribution in [-0.2, 0) is 4.79 Å². The number of carbonyl (C=O) groups is 1. The fourth-order valence-electron chi connectivity index (χ4n) is 1.91. The van der Waals surface area contributed by atoms with Crippen LogP contribution in [0.15, 0.2) is 54.6 Å². The van der Waals surface area contributed by atoms with Gasteiger partial charge in [-0.2, -0.15) is 0 Å². The summed E-state index contributed by atoms with van der Waals surface area (Å²) in [6.45, 7) is 0. The molecule has 1 heterocycles. The van der Waals surface area contributed by atoms with E-state index in [4.69, 9.17) is 11.6 Å². The van der Waals surface area contributed by atoms with Crippen molar-refractivity contribution in [2.75, 3.05) is 5.32 Å². The van der Waals surface area contributed by atoms with Crippen LogP contribution in [0.4, 0.5) is 9.52 Å². The number of aromatic nitrogens is 2. The lowest BCUT2D eigenvalue weighted by Gasteiger charge is -1.97. The molecule has 0 bridgehead atoms. The Morgan fingerprint density at radius 2 is 1.88 bits per heavy atom. The molecule has 3 rings (SSSR count). The second kappa shape index (κ2) is 7.33. The topological polar surface area (TPSA) is 54.9 Å². The number of halogens is 2. The van der Waals surface area contributed by atoms with Gasteiger partial charge in [0.25, 0.3) is 0 Å². The molecule has 0 unspecified atom stereocenters. The quantitative estimate of drug-likeness (QED) is 0.690. The van der Waals surface area contributed by atoms with E-state index in [1.807, 2.05) is 18.2 Å². The molecule has 0 radical (unpaired) electrons. The van der Waals surface area contributed by atoms with Gasteiger partial charge in [0.05, 0.1) is 5.02 Å². The van der Waals surface area contributed by atoms with Crippen LogP contribution in [0.25, 0.3) is 16.6 Å². The average molecular weight is 360 g/mol. The number of nitrogens with zero attached hydrogens (tertiary/aromatic N) is 2. The van der Waals surface area contributed by atoms with E-state index >= 15 is 0 Å². The van der Waals surface area contributed by atoms with Gasteiger partial charge in [0.2, 0.25) is 11.0 Å².